The third kappa shape index (κ3) is 5.16. The predicted molar refractivity (Wildman–Crippen MR) is 145 cm³/mol. The van der Waals surface area contributed by atoms with Crippen molar-refractivity contribution in [2.45, 2.75) is 32.4 Å². The Balaban J connectivity index is 1.34. The number of ether oxygens (including phenoxy) is 2. The molecule has 0 saturated carbocycles. The Hall–Kier alpha value is -3.90. The van der Waals surface area contributed by atoms with E-state index < -0.39 is 0 Å². The highest BCUT2D eigenvalue weighted by atomic mass is 19.1. The first kappa shape index (κ1) is 24.8. The Morgan fingerprint density at radius 2 is 1.92 bits per heavy atom. The average molecular weight is 499 g/mol. The molecule has 4 aromatic carbocycles. The molecule has 2 atom stereocenters. The highest BCUT2D eigenvalue weighted by molar-refractivity contribution is 5.92. The Labute approximate surface area is 216 Å². The summed E-state index contributed by atoms with van der Waals surface area (Å²) in [6.45, 7) is 5.35. The molecule has 0 aliphatic carbocycles. The van der Waals surface area contributed by atoms with Crippen molar-refractivity contribution in [3.8, 4) is 5.75 Å². The molecule has 0 amide bonds. The van der Waals surface area contributed by atoms with Crippen LogP contribution >= 0.6 is 0 Å². The highest BCUT2D eigenvalue weighted by Crippen LogP contribution is 2.39. The standard InChI is InChI=1S/C31H31FN2O3/c1-20-11-13-24(18-28(20)31(35)36-3)34-19-25(37-30-17-23(32)12-14-29(30)34)15-16-33-21(2)26-10-6-8-22-7-4-5-9-27(22)26/h4-14,17-18,21,25,33H,15-16,19H2,1-3H3. The Morgan fingerprint density at radius 1 is 1.11 bits per heavy atom. The van der Waals surface area contributed by atoms with Crippen LogP contribution in [0.25, 0.3) is 10.8 Å². The number of methoxy groups -OCH3 is 1. The molecule has 4 aromatic rings. The number of nitrogens with zero attached hydrogens (tertiary/aromatic N) is 1. The second-order valence-electron chi connectivity index (χ2n) is 9.49. The van der Waals surface area contributed by atoms with Gasteiger partial charge in [-0.1, -0.05) is 48.5 Å². The molecule has 0 radical (unpaired) electrons. The van der Waals surface area contributed by atoms with Crippen molar-refractivity contribution >= 4 is 28.1 Å². The van der Waals surface area contributed by atoms with Crippen LogP contribution in [0.4, 0.5) is 15.8 Å². The summed E-state index contributed by atoms with van der Waals surface area (Å²) in [5, 5.41) is 6.10. The topological polar surface area (TPSA) is 50.8 Å². The zero-order chi connectivity index (χ0) is 25.9. The molecule has 1 heterocycles. The van der Waals surface area contributed by atoms with Gasteiger partial charge in [0, 0.05) is 17.8 Å². The summed E-state index contributed by atoms with van der Waals surface area (Å²) in [5.74, 6) is -0.227. The average Bonchev–Trinajstić information content (AvgIpc) is 2.92. The second-order valence-corrected chi connectivity index (χ2v) is 9.49. The van der Waals surface area contributed by atoms with E-state index in [4.69, 9.17) is 9.47 Å². The SMILES string of the molecule is COC(=O)c1cc(N2CC(CCNC(C)c3cccc4ccccc34)Oc3cc(F)ccc32)ccc1C. The molecule has 0 aromatic heterocycles. The summed E-state index contributed by atoms with van der Waals surface area (Å²) in [4.78, 5) is 14.4. The monoisotopic (exact) mass is 498 g/mol. The van der Waals surface area contributed by atoms with Crippen molar-refractivity contribution in [1.29, 1.82) is 0 Å². The van der Waals surface area contributed by atoms with E-state index >= 15 is 0 Å². The van der Waals surface area contributed by atoms with Gasteiger partial charge < -0.3 is 19.7 Å². The van der Waals surface area contributed by atoms with Crippen LogP contribution < -0.4 is 15.0 Å². The minimum Gasteiger partial charge on any atom is -0.486 e. The van der Waals surface area contributed by atoms with Crippen LogP contribution in [0.3, 0.4) is 0 Å². The van der Waals surface area contributed by atoms with Gasteiger partial charge >= 0.3 is 5.97 Å². The van der Waals surface area contributed by atoms with E-state index in [-0.39, 0.29) is 23.9 Å². The lowest BCUT2D eigenvalue weighted by Crippen LogP contribution is -2.39. The molecule has 1 N–H and O–H groups in total. The van der Waals surface area contributed by atoms with Crippen molar-refractivity contribution < 1.29 is 18.7 Å². The fourth-order valence-corrected chi connectivity index (χ4v) is 5.03. The van der Waals surface area contributed by atoms with Gasteiger partial charge in [-0.25, -0.2) is 9.18 Å². The van der Waals surface area contributed by atoms with Crippen LogP contribution in [0, 0.1) is 12.7 Å². The van der Waals surface area contributed by atoms with Gasteiger partial charge in [-0.2, -0.15) is 0 Å². The van der Waals surface area contributed by atoms with E-state index in [1.54, 1.807) is 6.07 Å². The fraction of sp³-hybridized carbons (Fsp3) is 0.258. The zero-order valence-corrected chi connectivity index (χ0v) is 21.3. The largest absolute Gasteiger partial charge is 0.486 e. The summed E-state index contributed by atoms with van der Waals surface area (Å²) in [6, 6.07) is 25.2. The molecule has 0 spiro atoms. The zero-order valence-electron chi connectivity index (χ0n) is 21.3. The number of esters is 1. The summed E-state index contributed by atoms with van der Waals surface area (Å²) in [7, 11) is 1.38. The number of rotatable bonds is 7. The maximum atomic E-state index is 14.1. The summed E-state index contributed by atoms with van der Waals surface area (Å²) in [5.41, 5.74) is 4.22. The van der Waals surface area contributed by atoms with E-state index in [1.165, 1.54) is 35.6 Å². The van der Waals surface area contributed by atoms with Crippen molar-refractivity contribution in [2.24, 2.45) is 0 Å². The number of fused-ring (bicyclic) bond motifs is 2. The molecule has 5 rings (SSSR count). The fourth-order valence-electron chi connectivity index (χ4n) is 5.03. The van der Waals surface area contributed by atoms with Crippen LogP contribution in [0.2, 0.25) is 0 Å². The van der Waals surface area contributed by atoms with Crippen LogP contribution in [0.15, 0.2) is 78.9 Å². The van der Waals surface area contributed by atoms with Crippen LogP contribution in [0.1, 0.15) is 40.9 Å². The minimum atomic E-state index is -0.380. The number of anilines is 2. The van der Waals surface area contributed by atoms with Gasteiger partial charge in [0.1, 0.15) is 17.7 Å². The summed E-state index contributed by atoms with van der Waals surface area (Å²) in [6.07, 6.45) is 0.571. The number of aryl methyl sites for hydroxylation is 1. The number of carbonyl (C=O) groups excluding carboxylic acids is 1. The van der Waals surface area contributed by atoms with Crippen LogP contribution in [0.5, 0.6) is 5.75 Å². The quantitative estimate of drug-likeness (QED) is 0.287. The lowest BCUT2D eigenvalue weighted by atomic mass is 9.99. The number of hydrogen-bond donors (Lipinski definition) is 1. The number of benzene rings is 4. The van der Waals surface area contributed by atoms with E-state index in [2.05, 4.69) is 59.6 Å². The molecule has 0 fully saturated rings. The minimum absolute atomic E-state index is 0.162. The number of hydrogen-bond acceptors (Lipinski definition) is 5. The maximum absolute atomic E-state index is 14.1. The number of carbonyl (C=O) groups is 1. The second kappa shape index (κ2) is 10.6. The smallest absolute Gasteiger partial charge is 0.338 e. The van der Waals surface area contributed by atoms with Gasteiger partial charge in [0.15, 0.2) is 0 Å². The van der Waals surface area contributed by atoms with Crippen molar-refractivity contribution in [3.05, 3.63) is 101 Å². The Morgan fingerprint density at radius 3 is 2.76 bits per heavy atom. The lowest BCUT2D eigenvalue weighted by Gasteiger charge is -2.37. The van der Waals surface area contributed by atoms with E-state index in [9.17, 15) is 9.18 Å². The van der Waals surface area contributed by atoms with E-state index in [0.29, 0.717) is 17.9 Å². The maximum Gasteiger partial charge on any atom is 0.338 e. The molecule has 1 aliphatic rings. The third-order valence-electron chi connectivity index (χ3n) is 7.04. The molecular weight excluding hydrogens is 467 g/mol. The van der Waals surface area contributed by atoms with E-state index in [0.717, 1.165) is 29.9 Å². The van der Waals surface area contributed by atoms with Gasteiger partial charge in [0.2, 0.25) is 0 Å². The van der Waals surface area contributed by atoms with Crippen molar-refractivity contribution in [2.75, 3.05) is 25.1 Å². The number of halogens is 1. The van der Waals surface area contributed by atoms with E-state index in [1.807, 2.05) is 25.1 Å². The Kier molecular flexibility index (Phi) is 7.10. The predicted octanol–water partition coefficient (Wildman–Crippen LogP) is 6.71. The molecule has 5 nitrogen and oxygen atoms in total. The molecule has 190 valence electrons. The normalized spacial score (nSPS) is 15.7. The molecule has 2 unspecified atom stereocenters. The molecular formula is C31H31FN2O3. The van der Waals surface area contributed by atoms with Gasteiger partial charge in [-0.3, -0.25) is 0 Å². The molecule has 6 heteroatoms. The lowest BCUT2D eigenvalue weighted by molar-refractivity contribution is 0.0600. The van der Waals surface area contributed by atoms with Crippen LogP contribution in [-0.4, -0.2) is 32.3 Å². The first-order valence-electron chi connectivity index (χ1n) is 12.6. The third-order valence-corrected chi connectivity index (χ3v) is 7.04. The number of nitrogens with one attached hydrogen (secondary N) is 1. The Bertz CT molecular complexity index is 1430. The summed E-state index contributed by atoms with van der Waals surface area (Å²) < 4.78 is 25.3. The first-order chi connectivity index (χ1) is 17.9. The van der Waals surface area contributed by atoms with Gasteiger partial charge in [0.25, 0.3) is 0 Å². The molecule has 1 aliphatic heterocycles. The van der Waals surface area contributed by atoms with Gasteiger partial charge in [-0.15, -0.1) is 0 Å². The molecule has 37 heavy (non-hydrogen) atoms. The van der Waals surface area contributed by atoms with Gasteiger partial charge in [-0.05, 0) is 73.0 Å². The van der Waals surface area contributed by atoms with Crippen molar-refractivity contribution in [1.82, 2.24) is 5.32 Å². The molecule has 0 bridgehead atoms. The first-order valence-corrected chi connectivity index (χ1v) is 12.6. The molecule has 0 saturated heterocycles. The van der Waals surface area contributed by atoms with Crippen molar-refractivity contribution in [3.63, 3.8) is 0 Å². The van der Waals surface area contributed by atoms with Gasteiger partial charge in [0.05, 0.1) is 24.9 Å². The summed E-state index contributed by atoms with van der Waals surface area (Å²) >= 11 is 0. The highest BCUT2D eigenvalue weighted by Gasteiger charge is 2.28. The van der Waals surface area contributed by atoms with Crippen LogP contribution in [-0.2, 0) is 4.74 Å².